The molecule has 0 aliphatic carbocycles. The van der Waals surface area contributed by atoms with Crippen molar-refractivity contribution in [3.63, 3.8) is 0 Å². The molecule has 0 bridgehead atoms. The average Bonchev–Trinajstić information content (AvgIpc) is 2.25. The summed E-state index contributed by atoms with van der Waals surface area (Å²) in [6.45, 7) is -0.339. The Morgan fingerprint density at radius 3 is 2.44 bits per heavy atom. The van der Waals surface area contributed by atoms with Crippen LogP contribution in [0.25, 0.3) is 0 Å². The summed E-state index contributed by atoms with van der Waals surface area (Å²) in [6, 6.07) is 0. The predicted octanol–water partition coefficient (Wildman–Crippen LogP) is -1.24. The summed E-state index contributed by atoms with van der Waals surface area (Å²) in [6.07, 6.45) is -1.37. The van der Waals surface area contributed by atoms with E-state index in [2.05, 4.69) is 4.74 Å². The molecular weight excluding hydrogens is 220 g/mol. The highest BCUT2D eigenvalue weighted by molar-refractivity contribution is 5.76. The van der Waals surface area contributed by atoms with Crippen LogP contribution in [-0.4, -0.2) is 59.8 Å². The molecule has 7 heteroatoms. The van der Waals surface area contributed by atoms with Gasteiger partial charge >= 0.3 is 11.9 Å². The quantitative estimate of drug-likeness (QED) is 0.339. The molecule has 16 heavy (non-hydrogen) atoms. The maximum absolute atomic E-state index is 10.9. The largest absolute Gasteiger partial charge is 0.481 e. The molecule has 3 N–H and O–H groups in total. The Morgan fingerprint density at radius 1 is 1.19 bits per heavy atom. The van der Waals surface area contributed by atoms with E-state index in [1.165, 1.54) is 0 Å². The highest BCUT2D eigenvalue weighted by Crippen LogP contribution is 1.93. The maximum atomic E-state index is 10.9. The van der Waals surface area contributed by atoms with Gasteiger partial charge in [-0.2, -0.15) is 0 Å². The number of carboxylic acids is 1. The van der Waals surface area contributed by atoms with E-state index >= 15 is 0 Å². The van der Waals surface area contributed by atoms with Crippen molar-refractivity contribution in [2.24, 2.45) is 0 Å². The lowest BCUT2D eigenvalue weighted by Gasteiger charge is -2.08. The minimum absolute atomic E-state index is 0.00337. The predicted molar refractivity (Wildman–Crippen MR) is 51.7 cm³/mol. The van der Waals surface area contributed by atoms with E-state index in [9.17, 15) is 9.59 Å². The maximum Gasteiger partial charge on any atom is 0.306 e. The average molecular weight is 236 g/mol. The molecule has 0 aromatic carbocycles. The molecule has 0 aliphatic heterocycles. The highest BCUT2D eigenvalue weighted by Gasteiger charge is 2.06. The van der Waals surface area contributed by atoms with Gasteiger partial charge in [0.15, 0.2) is 0 Å². The van der Waals surface area contributed by atoms with Gasteiger partial charge in [0.25, 0.3) is 0 Å². The summed E-state index contributed by atoms with van der Waals surface area (Å²) in [5, 5.41) is 25.6. The number of carboxylic acid groups (broad SMARTS) is 1. The monoisotopic (exact) mass is 236 g/mol. The van der Waals surface area contributed by atoms with Crippen LogP contribution in [0.4, 0.5) is 0 Å². The second-order valence-electron chi connectivity index (χ2n) is 3.03. The number of rotatable bonds is 9. The molecule has 0 rings (SSSR count). The molecule has 7 nitrogen and oxygen atoms in total. The standard InChI is InChI=1S/C9H16O7/c10-5-7(11)6-15-3-4-16-9(14)2-1-8(12)13/h7,10-11H,1-6H2,(H,12,13). The number of ether oxygens (including phenoxy) is 2. The Balaban J connectivity index is 3.31. The van der Waals surface area contributed by atoms with Crippen molar-refractivity contribution in [2.75, 3.05) is 26.4 Å². The third-order valence-electron chi connectivity index (χ3n) is 1.55. The van der Waals surface area contributed by atoms with Crippen LogP contribution in [0.3, 0.4) is 0 Å². The lowest BCUT2D eigenvalue weighted by atomic mass is 10.3. The smallest absolute Gasteiger partial charge is 0.306 e. The van der Waals surface area contributed by atoms with Gasteiger partial charge in [-0.25, -0.2) is 0 Å². The van der Waals surface area contributed by atoms with Crippen LogP contribution in [0.15, 0.2) is 0 Å². The molecule has 0 aliphatic rings. The van der Waals surface area contributed by atoms with Gasteiger partial charge in [0.05, 0.1) is 32.7 Å². The van der Waals surface area contributed by atoms with Crippen molar-refractivity contribution < 1.29 is 34.4 Å². The van der Waals surface area contributed by atoms with Gasteiger partial charge in [0.1, 0.15) is 12.7 Å². The third kappa shape index (κ3) is 9.38. The Morgan fingerprint density at radius 2 is 1.88 bits per heavy atom. The Hall–Kier alpha value is -1.18. The number of aliphatic hydroxyl groups excluding tert-OH is 2. The molecule has 0 aromatic heterocycles. The molecule has 1 unspecified atom stereocenters. The second-order valence-corrected chi connectivity index (χ2v) is 3.03. The first-order valence-corrected chi connectivity index (χ1v) is 4.80. The van der Waals surface area contributed by atoms with Crippen LogP contribution in [0.5, 0.6) is 0 Å². The molecule has 0 spiro atoms. The minimum Gasteiger partial charge on any atom is -0.481 e. The Bertz CT molecular complexity index is 216. The zero-order chi connectivity index (χ0) is 12.4. The van der Waals surface area contributed by atoms with E-state index in [1.807, 2.05) is 0 Å². The molecule has 94 valence electrons. The minimum atomic E-state index is -1.06. The van der Waals surface area contributed by atoms with E-state index in [0.717, 1.165) is 0 Å². The number of aliphatic hydroxyl groups is 2. The summed E-state index contributed by atoms with van der Waals surface area (Å²) in [5.41, 5.74) is 0. The summed E-state index contributed by atoms with van der Waals surface area (Å²) < 4.78 is 9.50. The second kappa shape index (κ2) is 9.08. The zero-order valence-corrected chi connectivity index (χ0v) is 8.79. The van der Waals surface area contributed by atoms with E-state index in [1.54, 1.807) is 0 Å². The Kier molecular flexibility index (Phi) is 8.41. The van der Waals surface area contributed by atoms with Crippen LogP contribution in [-0.2, 0) is 19.1 Å². The molecule has 0 radical (unpaired) electrons. The van der Waals surface area contributed by atoms with E-state index < -0.39 is 24.6 Å². The first kappa shape index (κ1) is 14.8. The van der Waals surface area contributed by atoms with E-state index in [-0.39, 0.29) is 32.7 Å². The highest BCUT2D eigenvalue weighted by atomic mass is 16.6. The van der Waals surface area contributed by atoms with Crippen LogP contribution < -0.4 is 0 Å². The molecule has 0 saturated heterocycles. The summed E-state index contributed by atoms with van der Waals surface area (Å²) in [5.74, 6) is -1.66. The molecule has 0 amide bonds. The lowest BCUT2D eigenvalue weighted by molar-refractivity contribution is -0.149. The van der Waals surface area contributed by atoms with E-state index in [0.29, 0.717) is 0 Å². The van der Waals surface area contributed by atoms with Crippen LogP contribution in [0.1, 0.15) is 12.8 Å². The molecule has 0 fully saturated rings. The summed E-state index contributed by atoms with van der Waals surface area (Å²) in [7, 11) is 0. The van der Waals surface area contributed by atoms with Crippen LogP contribution >= 0.6 is 0 Å². The van der Waals surface area contributed by atoms with Gasteiger partial charge in [-0.15, -0.1) is 0 Å². The fourth-order valence-corrected chi connectivity index (χ4v) is 0.768. The topological polar surface area (TPSA) is 113 Å². The molecule has 0 heterocycles. The third-order valence-corrected chi connectivity index (χ3v) is 1.55. The van der Waals surface area contributed by atoms with Gasteiger partial charge in [-0.05, 0) is 0 Å². The first-order valence-electron chi connectivity index (χ1n) is 4.80. The number of aliphatic carboxylic acids is 1. The molecule has 0 aromatic rings. The number of carbonyl (C=O) groups is 2. The number of hydrogen-bond donors (Lipinski definition) is 3. The SMILES string of the molecule is O=C(O)CCC(=O)OCCOCC(O)CO. The molecular formula is C9H16O7. The summed E-state index contributed by atoms with van der Waals surface area (Å²) >= 11 is 0. The van der Waals surface area contributed by atoms with Gasteiger partial charge in [0, 0.05) is 0 Å². The number of carbonyl (C=O) groups excluding carboxylic acids is 1. The van der Waals surface area contributed by atoms with Crippen LogP contribution in [0, 0.1) is 0 Å². The van der Waals surface area contributed by atoms with E-state index in [4.69, 9.17) is 20.1 Å². The zero-order valence-electron chi connectivity index (χ0n) is 8.79. The van der Waals surface area contributed by atoms with Crippen molar-refractivity contribution in [1.29, 1.82) is 0 Å². The number of esters is 1. The molecule has 1 atom stereocenters. The normalized spacial score (nSPS) is 12.1. The fraction of sp³-hybridized carbons (Fsp3) is 0.778. The van der Waals surface area contributed by atoms with Crippen molar-refractivity contribution in [2.45, 2.75) is 18.9 Å². The van der Waals surface area contributed by atoms with Crippen molar-refractivity contribution >= 4 is 11.9 Å². The van der Waals surface area contributed by atoms with Crippen molar-refractivity contribution in [3.8, 4) is 0 Å². The first-order chi connectivity index (χ1) is 7.56. The Labute approximate surface area is 92.6 Å². The van der Waals surface area contributed by atoms with Gasteiger partial charge in [-0.1, -0.05) is 0 Å². The van der Waals surface area contributed by atoms with Gasteiger partial charge in [0.2, 0.25) is 0 Å². The van der Waals surface area contributed by atoms with Crippen molar-refractivity contribution in [3.05, 3.63) is 0 Å². The lowest BCUT2D eigenvalue weighted by Crippen LogP contribution is -2.21. The summed E-state index contributed by atoms with van der Waals surface area (Å²) in [4.78, 5) is 21.0. The van der Waals surface area contributed by atoms with Crippen LogP contribution in [0.2, 0.25) is 0 Å². The fourth-order valence-electron chi connectivity index (χ4n) is 0.768. The van der Waals surface area contributed by atoms with Gasteiger partial charge < -0.3 is 24.8 Å². The van der Waals surface area contributed by atoms with Gasteiger partial charge in [-0.3, -0.25) is 9.59 Å². The molecule has 0 saturated carbocycles. The van der Waals surface area contributed by atoms with Crippen molar-refractivity contribution in [1.82, 2.24) is 0 Å². The number of hydrogen-bond acceptors (Lipinski definition) is 6.